The number of hydrogen-bond acceptors (Lipinski definition) is 3. The summed E-state index contributed by atoms with van der Waals surface area (Å²) in [4.78, 5) is 2.51. The second-order valence-electron chi connectivity index (χ2n) is 5.96. The molecule has 1 unspecified atom stereocenters. The molecule has 2 heterocycles. The van der Waals surface area contributed by atoms with Crippen LogP contribution < -0.4 is 0 Å². The second-order valence-corrected chi connectivity index (χ2v) is 8.00. The highest BCUT2D eigenvalue weighted by atomic mass is 32.2. The van der Waals surface area contributed by atoms with Crippen LogP contribution >= 0.6 is 0 Å². The van der Waals surface area contributed by atoms with Gasteiger partial charge in [0.1, 0.15) is 0 Å². The first-order valence-corrected chi connectivity index (χ1v) is 9.06. The Morgan fingerprint density at radius 3 is 2.75 bits per heavy atom. The van der Waals surface area contributed by atoms with Crippen LogP contribution in [-0.2, 0) is 16.4 Å². The molecule has 110 valence electrons. The largest absolute Gasteiger partial charge is 0.296 e. The minimum absolute atomic E-state index is 0.123. The summed E-state index contributed by atoms with van der Waals surface area (Å²) in [6.45, 7) is 2.08. The van der Waals surface area contributed by atoms with Crippen molar-refractivity contribution in [1.82, 2.24) is 9.21 Å². The van der Waals surface area contributed by atoms with E-state index in [-0.39, 0.29) is 6.04 Å². The number of hydrogen-bond donors (Lipinski definition) is 0. The monoisotopic (exact) mass is 294 g/mol. The lowest BCUT2D eigenvalue weighted by molar-refractivity contribution is 0.0971. The molecule has 20 heavy (non-hydrogen) atoms. The molecule has 0 bridgehead atoms. The fraction of sp³-hybridized carbons (Fsp3) is 0.600. The molecule has 0 aromatic heterocycles. The van der Waals surface area contributed by atoms with Gasteiger partial charge in [-0.1, -0.05) is 24.3 Å². The Balaban J connectivity index is 1.86. The fourth-order valence-corrected chi connectivity index (χ4v) is 4.27. The van der Waals surface area contributed by atoms with Gasteiger partial charge in [-0.25, -0.2) is 12.7 Å². The Labute approximate surface area is 121 Å². The highest BCUT2D eigenvalue weighted by molar-refractivity contribution is 7.88. The molecule has 0 N–H and O–H groups in total. The highest BCUT2D eigenvalue weighted by Gasteiger charge is 2.36. The van der Waals surface area contributed by atoms with E-state index < -0.39 is 10.0 Å². The van der Waals surface area contributed by atoms with Crippen LogP contribution in [0.3, 0.4) is 0 Å². The molecule has 1 fully saturated rings. The third kappa shape index (κ3) is 2.50. The van der Waals surface area contributed by atoms with Crippen LogP contribution in [0.15, 0.2) is 24.3 Å². The molecule has 2 atom stereocenters. The van der Waals surface area contributed by atoms with Crippen molar-refractivity contribution in [2.45, 2.75) is 31.3 Å². The molecule has 3 rings (SSSR count). The van der Waals surface area contributed by atoms with Crippen molar-refractivity contribution in [3.63, 3.8) is 0 Å². The summed E-state index contributed by atoms with van der Waals surface area (Å²) in [6, 6.07) is 9.09. The average molecular weight is 294 g/mol. The topological polar surface area (TPSA) is 40.6 Å². The quantitative estimate of drug-likeness (QED) is 0.832. The van der Waals surface area contributed by atoms with Crippen LogP contribution in [0.25, 0.3) is 0 Å². The SMILES string of the molecule is CN(C1CCN2CCc3ccccc3[C@H]2C1)S(C)(=O)=O. The van der Waals surface area contributed by atoms with Gasteiger partial charge in [0.2, 0.25) is 10.0 Å². The molecule has 2 aliphatic heterocycles. The van der Waals surface area contributed by atoms with Crippen LogP contribution in [0.1, 0.15) is 30.0 Å². The summed E-state index contributed by atoms with van der Waals surface area (Å²) >= 11 is 0. The summed E-state index contributed by atoms with van der Waals surface area (Å²) in [5, 5.41) is 0. The van der Waals surface area contributed by atoms with Crippen molar-refractivity contribution in [2.24, 2.45) is 0 Å². The Kier molecular flexibility index (Phi) is 3.60. The third-order valence-corrected chi connectivity index (χ3v) is 6.15. The molecule has 1 aromatic rings. The van der Waals surface area contributed by atoms with Gasteiger partial charge < -0.3 is 0 Å². The van der Waals surface area contributed by atoms with Gasteiger partial charge >= 0.3 is 0 Å². The highest BCUT2D eigenvalue weighted by Crippen LogP contribution is 2.37. The summed E-state index contributed by atoms with van der Waals surface area (Å²) < 4.78 is 25.1. The molecular weight excluding hydrogens is 272 g/mol. The summed E-state index contributed by atoms with van der Waals surface area (Å²) in [5.74, 6) is 0. The van der Waals surface area contributed by atoms with Gasteiger partial charge in [0.05, 0.1) is 6.26 Å². The minimum Gasteiger partial charge on any atom is -0.296 e. The molecule has 2 aliphatic rings. The molecule has 0 spiro atoms. The van der Waals surface area contributed by atoms with Crippen LogP contribution in [0.4, 0.5) is 0 Å². The second kappa shape index (κ2) is 5.13. The Bertz CT molecular complexity index is 600. The predicted molar refractivity (Wildman–Crippen MR) is 80.1 cm³/mol. The smallest absolute Gasteiger partial charge is 0.211 e. The predicted octanol–water partition coefficient (Wildman–Crippen LogP) is 1.64. The normalized spacial score (nSPS) is 27.1. The summed E-state index contributed by atoms with van der Waals surface area (Å²) in [7, 11) is -1.39. The van der Waals surface area contributed by atoms with Crippen LogP contribution in [0.2, 0.25) is 0 Å². The lowest BCUT2D eigenvalue weighted by atomic mass is 9.85. The molecule has 1 saturated heterocycles. The van der Waals surface area contributed by atoms with Gasteiger partial charge in [-0.3, -0.25) is 4.90 Å². The van der Waals surface area contributed by atoms with E-state index in [0.717, 1.165) is 32.4 Å². The van der Waals surface area contributed by atoms with Crippen molar-refractivity contribution < 1.29 is 8.42 Å². The van der Waals surface area contributed by atoms with Crippen molar-refractivity contribution in [3.8, 4) is 0 Å². The molecule has 0 aliphatic carbocycles. The Morgan fingerprint density at radius 1 is 1.25 bits per heavy atom. The van der Waals surface area contributed by atoms with E-state index in [9.17, 15) is 8.42 Å². The van der Waals surface area contributed by atoms with Gasteiger partial charge in [-0.2, -0.15) is 0 Å². The first kappa shape index (κ1) is 14.0. The maximum Gasteiger partial charge on any atom is 0.211 e. The summed E-state index contributed by atoms with van der Waals surface area (Å²) in [6.07, 6.45) is 4.25. The van der Waals surface area contributed by atoms with E-state index in [4.69, 9.17) is 0 Å². The standard InChI is InChI=1S/C15H22N2O2S/c1-16(20(2,18)19)13-8-10-17-9-7-12-5-3-4-6-14(12)15(17)11-13/h3-6,13,15H,7-11H2,1-2H3/t13?,15-/m1/s1. The molecule has 5 heteroatoms. The van der Waals surface area contributed by atoms with Gasteiger partial charge in [-0.15, -0.1) is 0 Å². The molecule has 0 saturated carbocycles. The first-order valence-electron chi connectivity index (χ1n) is 7.21. The Morgan fingerprint density at radius 2 is 2.00 bits per heavy atom. The third-order valence-electron chi connectivity index (χ3n) is 4.81. The minimum atomic E-state index is -3.10. The summed E-state index contributed by atoms with van der Waals surface area (Å²) in [5.41, 5.74) is 2.82. The number of piperidine rings is 1. The lowest BCUT2D eigenvalue weighted by Gasteiger charge is -2.45. The molecule has 0 radical (unpaired) electrons. The van der Waals surface area contributed by atoms with Crippen molar-refractivity contribution in [2.75, 3.05) is 26.4 Å². The Hall–Kier alpha value is -0.910. The number of nitrogens with zero attached hydrogens (tertiary/aromatic N) is 2. The maximum atomic E-state index is 11.7. The molecule has 1 aromatic carbocycles. The van der Waals surface area contributed by atoms with E-state index in [1.54, 1.807) is 11.4 Å². The number of sulfonamides is 1. The van der Waals surface area contributed by atoms with E-state index >= 15 is 0 Å². The first-order chi connectivity index (χ1) is 9.47. The lowest BCUT2D eigenvalue weighted by Crippen LogP contribution is -2.48. The van der Waals surface area contributed by atoms with E-state index in [0.29, 0.717) is 6.04 Å². The molecular formula is C15H22N2O2S. The number of rotatable bonds is 2. The molecule has 4 nitrogen and oxygen atoms in total. The van der Waals surface area contributed by atoms with Gasteiger partial charge in [0, 0.05) is 32.2 Å². The van der Waals surface area contributed by atoms with Gasteiger partial charge in [-0.05, 0) is 30.4 Å². The average Bonchev–Trinajstić information content (AvgIpc) is 2.45. The number of benzene rings is 1. The number of fused-ring (bicyclic) bond motifs is 3. The van der Waals surface area contributed by atoms with E-state index in [2.05, 4.69) is 29.2 Å². The molecule has 0 amide bonds. The van der Waals surface area contributed by atoms with Gasteiger partial charge in [0.25, 0.3) is 0 Å². The van der Waals surface area contributed by atoms with Crippen LogP contribution in [0, 0.1) is 0 Å². The van der Waals surface area contributed by atoms with Crippen molar-refractivity contribution in [3.05, 3.63) is 35.4 Å². The van der Waals surface area contributed by atoms with Crippen LogP contribution in [0.5, 0.6) is 0 Å². The van der Waals surface area contributed by atoms with E-state index in [1.165, 1.54) is 17.4 Å². The van der Waals surface area contributed by atoms with Crippen molar-refractivity contribution in [1.29, 1.82) is 0 Å². The zero-order chi connectivity index (χ0) is 14.3. The van der Waals surface area contributed by atoms with Gasteiger partial charge in [0.15, 0.2) is 0 Å². The maximum absolute atomic E-state index is 11.7. The zero-order valence-corrected chi connectivity index (χ0v) is 12.9. The fourth-order valence-electron chi connectivity index (χ4n) is 3.54. The zero-order valence-electron chi connectivity index (χ0n) is 12.1. The van der Waals surface area contributed by atoms with Crippen LogP contribution in [-0.4, -0.2) is 50.1 Å². The van der Waals surface area contributed by atoms with E-state index in [1.807, 2.05) is 0 Å². The van der Waals surface area contributed by atoms with Crippen molar-refractivity contribution >= 4 is 10.0 Å².